The molecule has 1 aromatic carbocycles. The molecule has 4 nitrogen and oxygen atoms in total. The van der Waals surface area contributed by atoms with Crippen molar-refractivity contribution in [2.75, 3.05) is 13.2 Å². The number of benzene rings is 1. The highest BCUT2D eigenvalue weighted by Crippen LogP contribution is 2.34. The molecule has 0 fully saturated rings. The molecule has 1 unspecified atom stereocenters. The van der Waals surface area contributed by atoms with Gasteiger partial charge >= 0.3 is 5.97 Å². The van der Waals surface area contributed by atoms with Crippen LogP contribution in [-0.2, 0) is 11.2 Å². The van der Waals surface area contributed by atoms with E-state index in [1.54, 1.807) is 6.07 Å². The lowest BCUT2D eigenvalue weighted by Crippen LogP contribution is -2.21. The number of fused-ring (bicyclic) bond motifs is 1. The quantitative estimate of drug-likeness (QED) is 0.767. The fourth-order valence-corrected chi connectivity index (χ4v) is 1.88. The Morgan fingerprint density at radius 1 is 1.60 bits per heavy atom. The predicted octanol–water partition coefficient (Wildman–Crippen LogP) is 0.748. The van der Waals surface area contributed by atoms with Crippen LogP contribution in [0.25, 0.3) is 0 Å². The number of hydrogen-bond acceptors (Lipinski definition) is 3. The number of carboxylic acid groups (broad SMARTS) is 1. The molecule has 0 aliphatic carbocycles. The molecule has 1 aliphatic rings. The Bertz CT molecular complexity index is 389. The third-order valence-electron chi connectivity index (χ3n) is 2.65. The van der Waals surface area contributed by atoms with E-state index in [1.807, 2.05) is 12.1 Å². The SMILES string of the molecule is NCC(C(=O)O)c1cccc2c1OCC2. The number of para-hydroxylation sites is 1. The van der Waals surface area contributed by atoms with Crippen molar-refractivity contribution in [1.82, 2.24) is 0 Å². The lowest BCUT2D eigenvalue weighted by molar-refractivity contribution is -0.138. The van der Waals surface area contributed by atoms with Crippen LogP contribution < -0.4 is 10.5 Å². The van der Waals surface area contributed by atoms with E-state index in [9.17, 15) is 4.79 Å². The van der Waals surface area contributed by atoms with E-state index >= 15 is 0 Å². The first-order valence-corrected chi connectivity index (χ1v) is 4.91. The Kier molecular flexibility index (Phi) is 2.60. The standard InChI is InChI=1S/C11H13NO3/c12-6-9(11(13)14)8-3-1-2-7-4-5-15-10(7)8/h1-3,9H,4-6,12H2,(H,13,14). The summed E-state index contributed by atoms with van der Waals surface area (Å²) in [4.78, 5) is 11.0. The van der Waals surface area contributed by atoms with Crippen LogP contribution in [0.3, 0.4) is 0 Å². The molecule has 15 heavy (non-hydrogen) atoms. The molecule has 1 atom stereocenters. The van der Waals surface area contributed by atoms with Crippen molar-refractivity contribution in [3.8, 4) is 5.75 Å². The van der Waals surface area contributed by atoms with E-state index in [-0.39, 0.29) is 6.54 Å². The smallest absolute Gasteiger partial charge is 0.312 e. The van der Waals surface area contributed by atoms with Gasteiger partial charge in [0.1, 0.15) is 5.75 Å². The van der Waals surface area contributed by atoms with Crippen LogP contribution in [0.2, 0.25) is 0 Å². The lowest BCUT2D eigenvalue weighted by Gasteiger charge is -2.13. The van der Waals surface area contributed by atoms with Crippen molar-refractivity contribution in [2.45, 2.75) is 12.3 Å². The van der Waals surface area contributed by atoms with Gasteiger partial charge in [-0.3, -0.25) is 4.79 Å². The minimum absolute atomic E-state index is 0.0924. The Balaban J connectivity index is 2.43. The maximum Gasteiger partial charge on any atom is 0.312 e. The number of nitrogens with two attached hydrogens (primary N) is 1. The van der Waals surface area contributed by atoms with Crippen LogP contribution in [0.4, 0.5) is 0 Å². The molecule has 1 heterocycles. The van der Waals surface area contributed by atoms with Crippen LogP contribution in [0.1, 0.15) is 17.0 Å². The Labute approximate surface area is 87.7 Å². The van der Waals surface area contributed by atoms with Gasteiger partial charge in [0.25, 0.3) is 0 Å². The van der Waals surface area contributed by atoms with E-state index in [0.717, 1.165) is 17.7 Å². The van der Waals surface area contributed by atoms with Crippen LogP contribution in [-0.4, -0.2) is 24.2 Å². The first-order valence-electron chi connectivity index (χ1n) is 4.91. The van der Waals surface area contributed by atoms with E-state index in [4.69, 9.17) is 15.6 Å². The highest BCUT2D eigenvalue weighted by Gasteiger charge is 2.25. The molecular formula is C11H13NO3. The average molecular weight is 207 g/mol. The molecule has 2 rings (SSSR count). The summed E-state index contributed by atoms with van der Waals surface area (Å²) in [7, 11) is 0. The molecule has 80 valence electrons. The molecule has 0 saturated carbocycles. The number of carbonyl (C=O) groups is 1. The summed E-state index contributed by atoms with van der Waals surface area (Å²) in [6.45, 7) is 0.721. The van der Waals surface area contributed by atoms with Gasteiger partial charge in [0.15, 0.2) is 0 Å². The van der Waals surface area contributed by atoms with Gasteiger partial charge in [-0.05, 0) is 5.56 Å². The van der Waals surface area contributed by atoms with E-state index in [0.29, 0.717) is 12.2 Å². The third kappa shape index (κ3) is 1.68. The molecule has 0 amide bonds. The van der Waals surface area contributed by atoms with Gasteiger partial charge in [-0.1, -0.05) is 18.2 Å². The summed E-state index contributed by atoms with van der Waals surface area (Å²) in [5, 5.41) is 9.02. The van der Waals surface area contributed by atoms with Crippen molar-refractivity contribution < 1.29 is 14.6 Å². The molecule has 3 N–H and O–H groups in total. The average Bonchev–Trinajstić information content (AvgIpc) is 2.66. The maximum absolute atomic E-state index is 11.0. The zero-order valence-corrected chi connectivity index (χ0v) is 8.27. The van der Waals surface area contributed by atoms with Gasteiger partial charge in [-0.25, -0.2) is 0 Å². The summed E-state index contributed by atoms with van der Waals surface area (Å²) in [6.07, 6.45) is 0.847. The zero-order chi connectivity index (χ0) is 10.8. The van der Waals surface area contributed by atoms with Gasteiger partial charge < -0.3 is 15.6 Å². The summed E-state index contributed by atoms with van der Waals surface area (Å²) < 4.78 is 5.44. The molecule has 1 aromatic rings. The normalized spacial score (nSPS) is 15.5. The van der Waals surface area contributed by atoms with Crippen molar-refractivity contribution in [3.63, 3.8) is 0 Å². The highest BCUT2D eigenvalue weighted by atomic mass is 16.5. The molecule has 0 spiro atoms. The number of rotatable bonds is 3. The van der Waals surface area contributed by atoms with E-state index in [2.05, 4.69) is 0 Å². The lowest BCUT2D eigenvalue weighted by atomic mass is 9.96. The zero-order valence-electron chi connectivity index (χ0n) is 8.27. The van der Waals surface area contributed by atoms with Crippen LogP contribution >= 0.6 is 0 Å². The minimum atomic E-state index is -0.901. The monoisotopic (exact) mass is 207 g/mol. The largest absolute Gasteiger partial charge is 0.493 e. The number of ether oxygens (including phenoxy) is 1. The van der Waals surface area contributed by atoms with Gasteiger partial charge in [0.2, 0.25) is 0 Å². The molecule has 4 heteroatoms. The topological polar surface area (TPSA) is 72.6 Å². The van der Waals surface area contributed by atoms with E-state index < -0.39 is 11.9 Å². The van der Waals surface area contributed by atoms with Crippen LogP contribution in [0.5, 0.6) is 5.75 Å². The van der Waals surface area contributed by atoms with E-state index in [1.165, 1.54) is 0 Å². The molecule has 1 aliphatic heterocycles. The fraction of sp³-hybridized carbons (Fsp3) is 0.364. The van der Waals surface area contributed by atoms with Crippen molar-refractivity contribution in [3.05, 3.63) is 29.3 Å². The van der Waals surface area contributed by atoms with Crippen LogP contribution in [0.15, 0.2) is 18.2 Å². The molecule has 0 radical (unpaired) electrons. The fourth-order valence-electron chi connectivity index (χ4n) is 1.88. The second-order valence-corrected chi connectivity index (χ2v) is 3.56. The van der Waals surface area contributed by atoms with Crippen LogP contribution in [0, 0.1) is 0 Å². The van der Waals surface area contributed by atoms with Gasteiger partial charge in [0, 0.05) is 18.5 Å². The second kappa shape index (κ2) is 3.90. The Hall–Kier alpha value is -1.55. The number of hydrogen-bond donors (Lipinski definition) is 2. The Morgan fingerprint density at radius 3 is 3.07 bits per heavy atom. The summed E-state index contributed by atoms with van der Waals surface area (Å²) in [5.74, 6) is -0.852. The first kappa shape index (κ1) is 9.98. The molecule has 0 bridgehead atoms. The number of carboxylic acids is 1. The van der Waals surface area contributed by atoms with Gasteiger partial charge in [0.05, 0.1) is 12.5 Å². The van der Waals surface area contributed by atoms with Crippen molar-refractivity contribution in [1.29, 1.82) is 0 Å². The van der Waals surface area contributed by atoms with Gasteiger partial charge in [-0.2, -0.15) is 0 Å². The predicted molar refractivity (Wildman–Crippen MR) is 55.1 cm³/mol. The number of aliphatic carboxylic acids is 1. The molecular weight excluding hydrogens is 194 g/mol. The molecule has 0 aromatic heterocycles. The second-order valence-electron chi connectivity index (χ2n) is 3.56. The highest BCUT2D eigenvalue weighted by molar-refractivity contribution is 5.78. The third-order valence-corrected chi connectivity index (χ3v) is 2.65. The maximum atomic E-state index is 11.0. The molecule has 0 saturated heterocycles. The van der Waals surface area contributed by atoms with Gasteiger partial charge in [-0.15, -0.1) is 0 Å². The Morgan fingerprint density at radius 2 is 2.40 bits per heavy atom. The minimum Gasteiger partial charge on any atom is -0.493 e. The summed E-state index contributed by atoms with van der Waals surface area (Å²) in [6, 6.07) is 5.59. The summed E-state index contributed by atoms with van der Waals surface area (Å²) in [5.41, 5.74) is 7.23. The van der Waals surface area contributed by atoms with Crippen molar-refractivity contribution in [2.24, 2.45) is 5.73 Å². The first-order chi connectivity index (χ1) is 7.24. The summed E-state index contributed by atoms with van der Waals surface area (Å²) >= 11 is 0. The van der Waals surface area contributed by atoms with Crippen molar-refractivity contribution >= 4 is 5.97 Å².